The van der Waals surface area contributed by atoms with Crippen molar-refractivity contribution in [1.82, 2.24) is 10.6 Å². The lowest BCUT2D eigenvalue weighted by Crippen LogP contribution is -2.39. The Labute approximate surface area is 121 Å². The SMILES string of the molecule is N#Cc1ccc(CNC(=O)NC(=O)CCCC(=O)O)cc1. The second-order valence-corrected chi connectivity index (χ2v) is 4.29. The highest BCUT2D eigenvalue weighted by molar-refractivity contribution is 5.94. The first-order valence-electron chi connectivity index (χ1n) is 6.30. The minimum absolute atomic E-state index is 0.0173. The Balaban J connectivity index is 2.28. The van der Waals surface area contributed by atoms with Gasteiger partial charge in [0.25, 0.3) is 0 Å². The van der Waals surface area contributed by atoms with E-state index in [1.807, 2.05) is 6.07 Å². The van der Waals surface area contributed by atoms with Crippen LogP contribution >= 0.6 is 0 Å². The average molecular weight is 289 g/mol. The van der Waals surface area contributed by atoms with Crippen LogP contribution in [0.5, 0.6) is 0 Å². The Bertz CT molecular complexity index is 561. The number of rotatable bonds is 6. The molecule has 0 saturated carbocycles. The Morgan fingerprint density at radius 3 is 2.38 bits per heavy atom. The monoisotopic (exact) mass is 289 g/mol. The van der Waals surface area contributed by atoms with Gasteiger partial charge in [-0.3, -0.25) is 14.9 Å². The summed E-state index contributed by atoms with van der Waals surface area (Å²) in [4.78, 5) is 33.0. The molecule has 0 atom stereocenters. The fourth-order valence-electron chi connectivity index (χ4n) is 1.51. The maximum atomic E-state index is 11.4. The molecule has 0 radical (unpaired) electrons. The molecular weight excluding hydrogens is 274 g/mol. The normalized spacial score (nSPS) is 9.48. The highest BCUT2D eigenvalue weighted by atomic mass is 16.4. The van der Waals surface area contributed by atoms with Crippen LogP contribution in [0.4, 0.5) is 4.79 Å². The van der Waals surface area contributed by atoms with E-state index in [0.717, 1.165) is 5.56 Å². The van der Waals surface area contributed by atoms with E-state index in [2.05, 4.69) is 10.6 Å². The minimum Gasteiger partial charge on any atom is -0.481 e. The van der Waals surface area contributed by atoms with Gasteiger partial charge in [0.1, 0.15) is 0 Å². The lowest BCUT2D eigenvalue weighted by atomic mass is 10.1. The number of hydrogen-bond acceptors (Lipinski definition) is 4. The summed E-state index contributed by atoms with van der Waals surface area (Å²) in [5.74, 6) is -1.50. The predicted molar refractivity (Wildman–Crippen MR) is 73.0 cm³/mol. The molecule has 1 aromatic carbocycles. The summed E-state index contributed by atoms with van der Waals surface area (Å²) in [6, 6.07) is 8.01. The molecule has 0 heterocycles. The molecule has 0 aromatic heterocycles. The number of carboxylic acids is 1. The zero-order valence-electron chi connectivity index (χ0n) is 11.3. The molecule has 21 heavy (non-hydrogen) atoms. The van der Waals surface area contributed by atoms with E-state index in [-0.39, 0.29) is 25.8 Å². The summed E-state index contributed by atoms with van der Waals surface area (Å²) < 4.78 is 0. The number of nitrogens with one attached hydrogen (secondary N) is 2. The predicted octanol–water partition coefficient (Wildman–Crippen LogP) is 1.14. The number of amides is 3. The van der Waals surface area contributed by atoms with Crippen LogP contribution < -0.4 is 10.6 Å². The van der Waals surface area contributed by atoms with E-state index in [9.17, 15) is 14.4 Å². The van der Waals surface area contributed by atoms with Crippen LogP contribution in [0.2, 0.25) is 0 Å². The van der Waals surface area contributed by atoms with Crippen LogP contribution in [0.25, 0.3) is 0 Å². The average Bonchev–Trinajstić information content (AvgIpc) is 2.45. The van der Waals surface area contributed by atoms with Crippen LogP contribution in [0, 0.1) is 11.3 Å². The lowest BCUT2D eigenvalue weighted by molar-refractivity contribution is -0.137. The molecule has 3 N–H and O–H groups in total. The highest BCUT2D eigenvalue weighted by Gasteiger charge is 2.08. The summed E-state index contributed by atoms with van der Waals surface area (Å²) in [5, 5.41) is 21.7. The van der Waals surface area contributed by atoms with Crippen molar-refractivity contribution in [3.63, 3.8) is 0 Å². The Hall–Kier alpha value is -2.88. The van der Waals surface area contributed by atoms with E-state index in [1.54, 1.807) is 24.3 Å². The molecule has 110 valence electrons. The minimum atomic E-state index is -0.979. The number of benzene rings is 1. The molecule has 0 aliphatic rings. The molecule has 3 amide bonds. The topological polar surface area (TPSA) is 119 Å². The van der Waals surface area contributed by atoms with Crippen molar-refractivity contribution in [3.05, 3.63) is 35.4 Å². The number of nitriles is 1. The molecule has 0 spiro atoms. The van der Waals surface area contributed by atoms with Gasteiger partial charge in [-0.25, -0.2) is 4.79 Å². The molecule has 7 heteroatoms. The van der Waals surface area contributed by atoms with Gasteiger partial charge in [-0.2, -0.15) is 5.26 Å². The number of carbonyl (C=O) groups is 3. The summed E-state index contributed by atoms with van der Waals surface area (Å²) >= 11 is 0. The fraction of sp³-hybridized carbons (Fsp3) is 0.286. The summed E-state index contributed by atoms with van der Waals surface area (Å²) in [5.41, 5.74) is 1.32. The van der Waals surface area contributed by atoms with Gasteiger partial charge in [0.2, 0.25) is 5.91 Å². The zero-order chi connectivity index (χ0) is 15.7. The number of carboxylic acid groups (broad SMARTS) is 1. The van der Waals surface area contributed by atoms with Gasteiger partial charge in [-0.05, 0) is 24.1 Å². The number of nitrogens with zero attached hydrogens (tertiary/aromatic N) is 1. The number of hydrogen-bond donors (Lipinski definition) is 3. The number of carbonyl (C=O) groups excluding carboxylic acids is 2. The molecule has 1 rings (SSSR count). The largest absolute Gasteiger partial charge is 0.481 e. The molecule has 0 unspecified atom stereocenters. The van der Waals surface area contributed by atoms with Gasteiger partial charge < -0.3 is 10.4 Å². The van der Waals surface area contributed by atoms with Crippen molar-refractivity contribution in [2.45, 2.75) is 25.8 Å². The van der Waals surface area contributed by atoms with E-state index in [0.29, 0.717) is 5.56 Å². The molecule has 0 saturated heterocycles. The summed E-state index contributed by atoms with van der Waals surface area (Å²) in [6.07, 6.45) is 0.0565. The fourth-order valence-corrected chi connectivity index (χ4v) is 1.51. The zero-order valence-corrected chi connectivity index (χ0v) is 11.3. The van der Waals surface area contributed by atoms with Gasteiger partial charge >= 0.3 is 12.0 Å². The van der Waals surface area contributed by atoms with E-state index in [1.165, 1.54) is 0 Å². The van der Waals surface area contributed by atoms with E-state index >= 15 is 0 Å². The van der Waals surface area contributed by atoms with Crippen molar-refractivity contribution in [1.29, 1.82) is 5.26 Å². The van der Waals surface area contributed by atoms with Gasteiger partial charge in [-0.1, -0.05) is 12.1 Å². The first-order chi connectivity index (χ1) is 10.0. The standard InChI is InChI=1S/C14H15N3O4/c15-8-10-4-6-11(7-5-10)9-16-14(21)17-12(18)2-1-3-13(19)20/h4-7H,1-3,9H2,(H,19,20)(H2,16,17,18,21). The Morgan fingerprint density at radius 2 is 1.81 bits per heavy atom. The Morgan fingerprint density at radius 1 is 1.14 bits per heavy atom. The lowest BCUT2D eigenvalue weighted by Gasteiger charge is -2.06. The molecule has 0 aliphatic heterocycles. The molecule has 1 aromatic rings. The van der Waals surface area contributed by atoms with Gasteiger partial charge in [-0.15, -0.1) is 0 Å². The van der Waals surface area contributed by atoms with Gasteiger partial charge in [0, 0.05) is 19.4 Å². The van der Waals surface area contributed by atoms with Gasteiger partial charge in [0.15, 0.2) is 0 Å². The number of imide groups is 1. The van der Waals surface area contributed by atoms with Crippen molar-refractivity contribution in [2.75, 3.05) is 0 Å². The summed E-state index contributed by atoms with van der Waals surface area (Å²) in [6.45, 7) is 0.222. The van der Waals surface area contributed by atoms with E-state index < -0.39 is 17.9 Å². The van der Waals surface area contributed by atoms with Crippen molar-refractivity contribution in [3.8, 4) is 6.07 Å². The molecule has 0 fully saturated rings. The molecule has 0 bridgehead atoms. The van der Waals surface area contributed by atoms with Crippen LogP contribution in [0.15, 0.2) is 24.3 Å². The van der Waals surface area contributed by atoms with E-state index in [4.69, 9.17) is 10.4 Å². The second-order valence-electron chi connectivity index (χ2n) is 4.29. The van der Waals surface area contributed by atoms with Crippen molar-refractivity contribution >= 4 is 17.9 Å². The molecule has 7 nitrogen and oxygen atoms in total. The second kappa shape index (κ2) is 8.32. The maximum absolute atomic E-state index is 11.4. The molecular formula is C14H15N3O4. The number of aliphatic carboxylic acids is 1. The quantitative estimate of drug-likeness (QED) is 0.725. The third-order valence-corrected chi connectivity index (χ3v) is 2.58. The first-order valence-corrected chi connectivity index (χ1v) is 6.30. The molecule has 0 aliphatic carbocycles. The van der Waals surface area contributed by atoms with Crippen molar-refractivity contribution in [2.24, 2.45) is 0 Å². The van der Waals surface area contributed by atoms with Crippen LogP contribution in [0.3, 0.4) is 0 Å². The number of urea groups is 1. The third kappa shape index (κ3) is 6.73. The van der Waals surface area contributed by atoms with Crippen LogP contribution in [-0.4, -0.2) is 23.0 Å². The van der Waals surface area contributed by atoms with Crippen LogP contribution in [-0.2, 0) is 16.1 Å². The van der Waals surface area contributed by atoms with Crippen molar-refractivity contribution < 1.29 is 19.5 Å². The third-order valence-electron chi connectivity index (χ3n) is 2.58. The smallest absolute Gasteiger partial charge is 0.321 e. The maximum Gasteiger partial charge on any atom is 0.321 e. The van der Waals surface area contributed by atoms with Crippen LogP contribution in [0.1, 0.15) is 30.4 Å². The summed E-state index contributed by atoms with van der Waals surface area (Å²) in [7, 11) is 0. The van der Waals surface area contributed by atoms with Gasteiger partial charge in [0.05, 0.1) is 11.6 Å². The first kappa shape index (κ1) is 16.2. The highest BCUT2D eigenvalue weighted by Crippen LogP contribution is 2.02. The Kier molecular flexibility index (Phi) is 6.41.